The molecule has 0 saturated carbocycles. The highest BCUT2D eigenvalue weighted by molar-refractivity contribution is 5.94. The topological polar surface area (TPSA) is 55.6 Å². The zero-order chi connectivity index (χ0) is 12.3. The second-order valence-electron chi connectivity index (χ2n) is 4.43. The van der Waals surface area contributed by atoms with E-state index in [0.29, 0.717) is 13.2 Å². The first-order valence-electron chi connectivity index (χ1n) is 5.83. The second-order valence-corrected chi connectivity index (χ2v) is 4.43. The summed E-state index contributed by atoms with van der Waals surface area (Å²) in [6.07, 6.45) is 0.896. The van der Waals surface area contributed by atoms with Gasteiger partial charge in [-0.05, 0) is 24.1 Å². The normalized spacial score (nSPS) is 18.6. The Morgan fingerprint density at radius 3 is 2.61 bits per heavy atom. The summed E-state index contributed by atoms with van der Waals surface area (Å²) in [5, 5.41) is 0. The number of hydrogen-bond acceptors (Lipinski definition) is 3. The van der Waals surface area contributed by atoms with Crippen molar-refractivity contribution in [1.82, 2.24) is 4.90 Å². The summed E-state index contributed by atoms with van der Waals surface area (Å²) in [6.45, 7) is 2.00. The van der Waals surface area contributed by atoms with Crippen LogP contribution in [0.4, 0.5) is 0 Å². The number of halogens is 1. The molecule has 0 bridgehead atoms. The fourth-order valence-electron chi connectivity index (χ4n) is 2.06. The van der Waals surface area contributed by atoms with Gasteiger partial charge >= 0.3 is 0 Å². The minimum atomic E-state index is 0. The van der Waals surface area contributed by atoms with Crippen molar-refractivity contribution in [2.45, 2.75) is 19.1 Å². The molecule has 1 aromatic carbocycles. The minimum Gasteiger partial charge on any atom is -0.380 e. The Hall–Kier alpha value is -1.10. The molecule has 1 fully saturated rings. The summed E-state index contributed by atoms with van der Waals surface area (Å²) in [4.78, 5) is 13.9. The molecule has 1 atom stereocenters. The van der Waals surface area contributed by atoms with Crippen molar-refractivity contribution in [1.29, 1.82) is 0 Å². The van der Waals surface area contributed by atoms with E-state index in [4.69, 9.17) is 10.5 Å². The van der Waals surface area contributed by atoms with Crippen molar-refractivity contribution in [3.05, 3.63) is 35.4 Å². The van der Waals surface area contributed by atoms with Gasteiger partial charge in [0.05, 0.1) is 6.61 Å². The number of hydrogen-bond donors (Lipinski definition) is 1. The molecule has 2 N–H and O–H groups in total. The van der Waals surface area contributed by atoms with E-state index in [2.05, 4.69) is 0 Å². The number of rotatable bonds is 3. The van der Waals surface area contributed by atoms with E-state index < -0.39 is 0 Å². The number of benzene rings is 1. The standard InChI is InChI=1S/C13H18N2O2.ClH/c1-17-9-10-2-4-11(5-3-10)13(16)15-7-6-12(14)8-15;/h2-5,12H,6-9,14H2,1H3;1H/t12-;/m1./s1. The zero-order valence-corrected chi connectivity index (χ0v) is 11.3. The predicted octanol–water partition coefficient (Wildman–Crippen LogP) is 1.43. The van der Waals surface area contributed by atoms with Crippen molar-refractivity contribution >= 4 is 18.3 Å². The predicted molar refractivity (Wildman–Crippen MR) is 72.9 cm³/mol. The van der Waals surface area contributed by atoms with Gasteiger partial charge < -0.3 is 15.4 Å². The quantitative estimate of drug-likeness (QED) is 0.904. The van der Waals surface area contributed by atoms with E-state index >= 15 is 0 Å². The second kappa shape index (κ2) is 6.73. The van der Waals surface area contributed by atoms with E-state index in [9.17, 15) is 4.79 Å². The molecule has 1 saturated heterocycles. The molecule has 2 rings (SSSR count). The number of carbonyl (C=O) groups is 1. The van der Waals surface area contributed by atoms with Crippen LogP contribution in [0.3, 0.4) is 0 Å². The maximum Gasteiger partial charge on any atom is 0.253 e. The van der Waals surface area contributed by atoms with Gasteiger partial charge in [-0.3, -0.25) is 4.79 Å². The Bertz CT molecular complexity index is 394. The van der Waals surface area contributed by atoms with Gasteiger partial charge in [0.25, 0.3) is 5.91 Å². The molecule has 1 aromatic rings. The number of ether oxygens (including phenoxy) is 1. The van der Waals surface area contributed by atoms with Crippen LogP contribution in [0.2, 0.25) is 0 Å². The molecule has 100 valence electrons. The summed E-state index contributed by atoms with van der Waals surface area (Å²) in [5.41, 5.74) is 7.59. The van der Waals surface area contributed by atoms with Crippen LogP contribution < -0.4 is 5.73 Å². The Balaban J connectivity index is 0.00000162. The summed E-state index contributed by atoms with van der Waals surface area (Å²) in [7, 11) is 1.66. The Labute approximate surface area is 114 Å². The van der Waals surface area contributed by atoms with Gasteiger partial charge in [-0.15, -0.1) is 12.4 Å². The molecule has 1 aliphatic heterocycles. The lowest BCUT2D eigenvalue weighted by Gasteiger charge is -2.15. The Morgan fingerprint density at radius 1 is 1.44 bits per heavy atom. The lowest BCUT2D eigenvalue weighted by Crippen LogP contribution is -2.31. The van der Waals surface area contributed by atoms with E-state index in [0.717, 1.165) is 24.1 Å². The first kappa shape index (κ1) is 15.0. The molecule has 0 radical (unpaired) electrons. The minimum absolute atomic E-state index is 0. The number of nitrogens with two attached hydrogens (primary N) is 1. The molecule has 5 heteroatoms. The molecule has 1 amide bonds. The van der Waals surface area contributed by atoms with Crippen LogP contribution in [0.15, 0.2) is 24.3 Å². The average molecular weight is 271 g/mol. The molecular weight excluding hydrogens is 252 g/mol. The molecule has 4 nitrogen and oxygen atoms in total. The fraction of sp³-hybridized carbons (Fsp3) is 0.462. The summed E-state index contributed by atoms with van der Waals surface area (Å²) in [6, 6.07) is 7.67. The largest absolute Gasteiger partial charge is 0.380 e. The summed E-state index contributed by atoms with van der Waals surface area (Å²) >= 11 is 0. The third kappa shape index (κ3) is 3.45. The van der Waals surface area contributed by atoms with Gasteiger partial charge in [0.2, 0.25) is 0 Å². The maximum atomic E-state index is 12.1. The smallest absolute Gasteiger partial charge is 0.253 e. The number of likely N-dealkylation sites (tertiary alicyclic amines) is 1. The van der Waals surface area contributed by atoms with Crippen molar-refractivity contribution in [3.8, 4) is 0 Å². The van der Waals surface area contributed by atoms with Gasteiger partial charge in [-0.1, -0.05) is 12.1 Å². The van der Waals surface area contributed by atoms with Crippen molar-refractivity contribution in [2.24, 2.45) is 5.73 Å². The highest BCUT2D eigenvalue weighted by atomic mass is 35.5. The number of amides is 1. The molecule has 1 aliphatic rings. The molecule has 0 spiro atoms. The van der Waals surface area contributed by atoms with E-state index in [-0.39, 0.29) is 24.4 Å². The Morgan fingerprint density at radius 2 is 2.11 bits per heavy atom. The Kier molecular flexibility index (Phi) is 5.59. The average Bonchev–Trinajstić information content (AvgIpc) is 2.76. The van der Waals surface area contributed by atoms with Crippen LogP contribution in [0, 0.1) is 0 Å². The van der Waals surface area contributed by atoms with Crippen molar-refractivity contribution in [3.63, 3.8) is 0 Å². The molecule has 18 heavy (non-hydrogen) atoms. The molecule has 1 heterocycles. The summed E-state index contributed by atoms with van der Waals surface area (Å²) in [5.74, 6) is 0.0712. The van der Waals surface area contributed by atoms with Crippen LogP contribution in [0.1, 0.15) is 22.3 Å². The molecular formula is C13H19ClN2O2. The molecule has 0 aliphatic carbocycles. The molecule has 0 aromatic heterocycles. The number of nitrogens with zero attached hydrogens (tertiary/aromatic N) is 1. The van der Waals surface area contributed by atoms with Gasteiger partial charge in [-0.2, -0.15) is 0 Å². The van der Waals surface area contributed by atoms with Crippen molar-refractivity contribution < 1.29 is 9.53 Å². The third-order valence-corrected chi connectivity index (χ3v) is 3.02. The van der Waals surface area contributed by atoms with Crippen LogP contribution >= 0.6 is 12.4 Å². The first-order valence-corrected chi connectivity index (χ1v) is 5.83. The van der Waals surface area contributed by atoms with Gasteiger partial charge in [-0.25, -0.2) is 0 Å². The number of carbonyl (C=O) groups excluding carboxylic acids is 1. The monoisotopic (exact) mass is 270 g/mol. The van der Waals surface area contributed by atoms with E-state index in [1.807, 2.05) is 29.2 Å². The van der Waals surface area contributed by atoms with Crippen LogP contribution in [0.25, 0.3) is 0 Å². The SMILES string of the molecule is COCc1ccc(C(=O)N2CC[C@@H](N)C2)cc1.Cl. The third-order valence-electron chi connectivity index (χ3n) is 3.02. The van der Waals surface area contributed by atoms with Crippen LogP contribution in [-0.2, 0) is 11.3 Å². The van der Waals surface area contributed by atoms with Crippen LogP contribution in [-0.4, -0.2) is 37.0 Å². The lowest BCUT2D eigenvalue weighted by molar-refractivity contribution is 0.0791. The highest BCUT2D eigenvalue weighted by Gasteiger charge is 2.24. The van der Waals surface area contributed by atoms with Gasteiger partial charge in [0.1, 0.15) is 0 Å². The zero-order valence-electron chi connectivity index (χ0n) is 10.5. The van der Waals surface area contributed by atoms with Gasteiger partial charge in [0.15, 0.2) is 0 Å². The van der Waals surface area contributed by atoms with Crippen LogP contribution in [0.5, 0.6) is 0 Å². The van der Waals surface area contributed by atoms with Gasteiger partial charge in [0, 0.05) is 31.8 Å². The first-order chi connectivity index (χ1) is 8.20. The lowest BCUT2D eigenvalue weighted by atomic mass is 10.1. The number of methoxy groups -OCH3 is 1. The highest BCUT2D eigenvalue weighted by Crippen LogP contribution is 2.13. The summed E-state index contributed by atoms with van der Waals surface area (Å²) < 4.78 is 5.03. The maximum absolute atomic E-state index is 12.1. The van der Waals surface area contributed by atoms with E-state index in [1.165, 1.54) is 0 Å². The van der Waals surface area contributed by atoms with Crippen molar-refractivity contribution in [2.75, 3.05) is 20.2 Å². The fourth-order valence-corrected chi connectivity index (χ4v) is 2.06. The molecule has 0 unspecified atom stereocenters. The van der Waals surface area contributed by atoms with E-state index in [1.54, 1.807) is 7.11 Å².